The van der Waals surface area contributed by atoms with E-state index < -0.39 is 5.97 Å². The first-order chi connectivity index (χ1) is 8.61. The number of thioether (sulfide) groups is 1. The van der Waals surface area contributed by atoms with Crippen LogP contribution >= 0.6 is 34.9 Å². The second-order valence-corrected chi connectivity index (χ2v) is 6.65. The molecule has 94 valence electrons. The molecule has 2 rings (SSSR count). The maximum atomic E-state index is 11.3. The highest BCUT2D eigenvalue weighted by molar-refractivity contribution is 8.01. The number of carboxylic acid groups (broad SMARTS) is 1. The van der Waals surface area contributed by atoms with Gasteiger partial charge in [-0.15, -0.1) is 22.0 Å². The number of hydrogen-bond acceptors (Lipinski definition) is 6. The molecule has 1 N–H and O–H groups in total. The normalized spacial score (nSPS) is 10.6. The van der Waals surface area contributed by atoms with E-state index in [2.05, 4.69) is 10.2 Å². The highest BCUT2D eigenvalue weighted by Gasteiger charge is 2.17. The van der Waals surface area contributed by atoms with Crippen molar-refractivity contribution < 1.29 is 9.90 Å². The molecule has 0 unspecified atom stereocenters. The molecule has 1 aromatic heterocycles. The molecule has 0 atom stereocenters. The van der Waals surface area contributed by atoms with E-state index in [4.69, 9.17) is 0 Å². The van der Waals surface area contributed by atoms with E-state index in [1.807, 2.05) is 25.3 Å². The minimum Gasteiger partial charge on any atom is -0.478 e. The van der Waals surface area contributed by atoms with Gasteiger partial charge < -0.3 is 5.11 Å². The molecule has 0 bridgehead atoms. The van der Waals surface area contributed by atoms with Crippen LogP contribution in [0.25, 0.3) is 0 Å². The fourth-order valence-corrected chi connectivity index (χ4v) is 4.00. The zero-order valence-electron chi connectivity index (χ0n) is 9.71. The highest BCUT2D eigenvalue weighted by Crippen LogP contribution is 2.35. The Morgan fingerprint density at radius 2 is 2.06 bits per heavy atom. The molecular formula is C11H10N2O2S3. The second kappa shape index (κ2) is 5.73. The average molecular weight is 298 g/mol. The summed E-state index contributed by atoms with van der Waals surface area (Å²) >= 11 is 4.23. The van der Waals surface area contributed by atoms with Crippen molar-refractivity contribution >= 4 is 40.8 Å². The molecule has 0 radical (unpaired) electrons. The van der Waals surface area contributed by atoms with E-state index in [0.29, 0.717) is 10.5 Å². The van der Waals surface area contributed by atoms with Gasteiger partial charge >= 0.3 is 5.97 Å². The standard InChI is InChI=1S/C11H10N2O2S3/c1-6-12-13-11(17-6)18-8-5-3-4-7(16-2)9(8)10(14)15/h3-5H,1-2H3,(H,14,15). The van der Waals surface area contributed by atoms with Crippen molar-refractivity contribution in [3.63, 3.8) is 0 Å². The van der Waals surface area contributed by atoms with Crippen molar-refractivity contribution in [1.82, 2.24) is 10.2 Å². The zero-order chi connectivity index (χ0) is 13.1. The van der Waals surface area contributed by atoms with Crippen molar-refractivity contribution in [2.24, 2.45) is 0 Å². The Hall–Kier alpha value is -1.05. The molecule has 0 saturated carbocycles. The molecule has 0 aliphatic carbocycles. The maximum Gasteiger partial charge on any atom is 0.337 e. The first kappa shape index (κ1) is 13.4. The predicted molar refractivity (Wildman–Crippen MR) is 74.0 cm³/mol. The number of aryl methyl sites for hydroxylation is 1. The Balaban J connectivity index is 2.41. The lowest BCUT2D eigenvalue weighted by atomic mass is 10.2. The van der Waals surface area contributed by atoms with Crippen molar-refractivity contribution in [3.05, 3.63) is 28.8 Å². The summed E-state index contributed by atoms with van der Waals surface area (Å²) in [6.07, 6.45) is 1.87. The van der Waals surface area contributed by atoms with Crippen molar-refractivity contribution in [2.75, 3.05) is 6.26 Å². The van der Waals surface area contributed by atoms with Crippen molar-refractivity contribution in [3.8, 4) is 0 Å². The Labute approximate surface area is 117 Å². The molecule has 4 nitrogen and oxygen atoms in total. The summed E-state index contributed by atoms with van der Waals surface area (Å²) in [5.41, 5.74) is 0.336. The number of benzene rings is 1. The van der Waals surface area contributed by atoms with E-state index in [1.54, 1.807) is 6.07 Å². The fraction of sp³-hybridized carbons (Fsp3) is 0.182. The summed E-state index contributed by atoms with van der Waals surface area (Å²) < 4.78 is 0.758. The summed E-state index contributed by atoms with van der Waals surface area (Å²) in [5, 5.41) is 18.1. The van der Waals surface area contributed by atoms with E-state index >= 15 is 0 Å². The molecule has 0 aliphatic rings. The molecule has 0 amide bonds. The summed E-state index contributed by atoms with van der Waals surface area (Å²) in [4.78, 5) is 12.8. The van der Waals surface area contributed by atoms with Gasteiger partial charge in [-0.1, -0.05) is 29.2 Å². The monoisotopic (exact) mass is 298 g/mol. The van der Waals surface area contributed by atoms with Crippen LogP contribution in [0, 0.1) is 6.92 Å². The minimum absolute atomic E-state index is 0.336. The van der Waals surface area contributed by atoms with Gasteiger partial charge in [0.1, 0.15) is 5.01 Å². The van der Waals surface area contributed by atoms with Crippen LogP contribution in [0.15, 0.2) is 32.3 Å². The Morgan fingerprint density at radius 3 is 2.61 bits per heavy atom. The number of carboxylic acids is 1. The molecule has 7 heteroatoms. The lowest BCUT2D eigenvalue weighted by Crippen LogP contribution is -2.01. The van der Waals surface area contributed by atoms with Crippen LogP contribution in [0.3, 0.4) is 0 Å². The van der Waals surface area contributed by atoms with E-state index in [-0.39, 0.29) is 0 Å². The number of carbonyl (C=O) groups is 1. The smallest absolute Gasteiger partial charge is 0.337 e. The predicted octanol–water partition coefficient (Wildman–Crippen LogP) is 3.42. The van der Waals surface area contributed by atoms with Crippen LogP contribution in [0.4, 0.5) is 0 Å². The highest BCUT2D eigenvalue weighted by atomic mass is 32.2. The molecule has 0 fully saturated rings. The summed E-state index contributed by atoms with van der Waals surface area (Å²) in [7, 11) is 0. The minimum atomic E-state index is -0.913. The van der Waals surface area contributed by atoms with Crippen LogP contribution in [-0.4, -0.2) is 27.5 Å². The van der Waals surface area contributed by atoms with Crippen LogP contribution < -0.4 is 0 Å². The molecular weight excluding hydrogens is 288 g/mol. The average Bonchev–Trinajstić information content (AvgIpc) is 2.74. The van der Waals surface area contributed by atoms with Gasteiger partial charge in [0.05, 0.1) is 5.56 Å². The van der Waals surface area contributed by atoms with Gasteiger partial charge in [-0.05, 0) is 25.3 Å². The topological polar surface area (TPSA) is 63.1 Å². The second-order valence-electron chi connectivity index (χ2n) is 3.33. The Bertz CT molecular complexity index is 583. The maximum absolute atomic E-state index is 11.3. The number of aromatic carboxylic acids is 1. The number of nitrogens with zero attached hydrogens (tertiary/aromatic N) is 2. The summed E-state index contributed by atoms with van der Waals surface area (Å²) in [5.74, 6) is -0.913. The van der Waals surface area contributed by atoms with Crippen LogP contribution in [0.5, 0.6) is 0 Å². The van der Waals surface area contributed by atoms with Gasteiger partial charge in [0.25, 0.3) is 0 Å². The SMILES string of the molecule is CSc1cccc(Sc2nnc(C)s2)c1C(=O)O. The van der Waals surface area contributed by atoms with Gasteiger partial charge in [0.2, 0.25) is 0 Å². The largest absolute Gasteiger partial charge is 0.478 e. The van der Waals surface area contributed by atoms with E-state index in [1.165, 1.54) is 34.9 Å². The van der Waals surface area contributed by atoms with Gasteiger partial charge in [-0.3, -0.25) is 0 Å². The Kier molecular flexibility index (Phi) is 4.26. The lowest BCUT2D eigenvalue weighted by Gasteiger charge is -2.07. The van der Waals surface area contributed by atoms with Crippen LogP contribution in [-0.2, 0) is 0 Å². The van der Waals surface area contributed by atoms with Gasteiger partial charge in [0, 0.05) is 9.79 Å². The zero-order valence-corrected chi connectivity index (χ0v) is 12.2. The van der Waals surface area contributed by atoms with Crippen molar-refractivity contribution in [1.29, 1.82) is 0 Å². The third kappa shape index (κ3) is 2.85. The quantitative estimate of drug-likeness (QED) is 0.873. The third-order valence-electron chi connectivity index (χ3n) is 2.13. The number of hydrogen-bond donors (Lipinski definition) is 1. The molecule has 0 saturated heterocycles. The van der Waals surface area contributed by atoms with Crippen LogP contribution in [0.1, 0.15) is 15.4 Å². The number of aromatic nitrogens is 2. The van der Waals surface area contributed by atoms with Gasteiger partial charge in [-0.25, -0.2) is 4.79 Å². The molecule has 0 spiro atoms. The first-order valence-electron chi connectivity index (χ1n) is 5.00. The summed E-state index contributed by atoms with van der Waals surface area (Å²) in [6.45, 7) is 1.87. The van der Waals surface area contributed by atoms with Crippen LogP contribution in [0.2, 0.25) is 0 Å². The third-order valence-corrected chi connectivity index (χ3v) is 4.86. The number of rotatable bonds is 4. The molecule has 1 heterocycles. The summed E-state index contributed by atoms with van der Waals surface area (Å²) in [6, 6.07) is 5.46. The lowest BCUT2D eigenvalue weighted by molar-refractivity contribution is 0.0689. The Morgan fingerprint density at radius 1 is 1.33 bits per heavy atom. The molecule has 18 heavy (non-hydrogen) atoms. The van der Waals surface area contributed by atoms with E-state index in [0.717, 1.165) is 14.2 Å². The molecule has 0 aliphatic heterocycles. The van der Waals surface area contributed by atoms with Gasteiger partial charge in [0.15, 0.2) is 4.34 Å². The fourth-order valence-electron chi connectivity index (χ4n) is 1.39. The van der Waals surface area contributed by atoms with E-state index in [9.17, 15) is 9.90 Å². The first-order valence-corrected chi connectivity index (χ1v) is 7.86. The van der Waals surface area contributed by atoms with Gasteiger partial charge in [-0.2, -0.15) is 0 Å². The van der Waals surface area contributed by atoms with Crippen molar-refractivity contribution in [2.45, 2.75) is 21.1 Å². The molecule has 1 aromatic carbocycles. The molecule has 2 aromatic rings.